The van der Waals surface area contributed by atoms with Gasteiger partial charge in [0.2, 0.25) is 5.91 Å². The van der Waals surface area contributed by atoms with Crippen molar-refractivity contribution in [2.24, 2.45) is 0 Å². The summed E-state index contributed by atoms with van der Waals surface area (Å²) >= 11 is 0. The molecule has 1 aromatic rings. The van der Waals surface area contributed by atoms with E-state index in [1.807, 2.05) is 45.0 Å². The molecule has 0 heterocycles. The zero-order valence-corrected chi connectivity index (χ0v) is 12.3. The molecule has 112 valence electrons. The Labute approximate surface area is 120 Å². The maximum absolute atomic E-state index is 11.4. The maximum atomic E-state index is 11.4. The van der Waals surface area contributed by atoms with Crippen LogP contribution in [-0.2, 0) is 4.79 Å². The van der Waals surface area contributed by atoms with E-state index >= 15 is 0 Å². The number of aliphatic hydroxyl groups is 1. The largest absolute Gasteiger partial charge is 0.491 e. The molecule has 1 aromatic carbocycles. The number of hydrogen-bond acceptors (Lipinski definition) is 4. The second-order valence-electron chi connectivity index (χ2n) is 5.13. The third kappa shape index (κ3) is 7.11. The van der Waals surface area contributed by atoms with Crippen molar-refractivity contribution in [3.05, 3.63) is 29.8 Å². The van der Waals surface area contributed by atoms with Crippen LogP contribution >= 0.6 is 0 Å². The fraction of sp³-hybridized carbons (Fsp3) is 0.533. The lowest BCUT2D eigenvalue weighted by atomic mass is 10.2. The van der Waals surface area contributed by atoms with Gasteiger partial charge in [0.1, 0.15) is 18.5 Å². The van der Waals surface area contributed by atoms with Crippen molar-refractivity contribution in [1.29, 1.82) is 0 Å². The van der Waals surface area contributed by atoms with Crippen molar-refractivity contribution >= 4 is 5.91 Å². The molecule has 1 atom stereocenters. The summed E-state index contributed by atoms with van der Waals surface area (Å²) in [5.74, 6) is 0.661. The van der Waals surface area contributed by atoms with E-state index < -0.39 is 6.10 Å². The average Bonchev–Trinajstić information content (AvgIpc) is 2.35. The Morgan fingerprint density at radius 1 is 1.40 bits per heavy atom. The number of benzene rings is 1. The van der Waals surface area contributed by atoms with Crippen molar-refractivity contribution in [3.8, 4) is 5.75 Å². The molecule has 0 saturated heterocycles. The van der Waals surface area contributed by atoms with Crippen LogP contribution in [0.2, 0.25) is 0 Å². The highest BCUT2D eigenvalue weighted by molar-refractivity contribution is 5.78. The number of nitrogens with one attached hydrogen (secondary N) is 2. The highest BCUT2D eigenvalue weighted by atomic mass is 16.5. The van der Waals surface area contributed by atoms with Crippen LogP contribution in [0.25, 0.3) is 0 Å². The number of carbonyl (C=O) groups excluding carboxylic acids is 1. The summed E-state index contributed by atoms with van der Waals surface area (Å²) in [5, 5.41) is 15.4. The first-order valence-electron chi connectivity index (χ1n) is 6.85. The van der Waals surface area contributed by atoms with Crippen molar-refractivity contribution in [3.63, 3.8) is 0 Å². The molecule has 0 aliphatic rings. The molecule has 0 saturated carbocycles. The fourth-order valence-electron chi connectivity index (χ4n) is 1.68. The number of rotatable bonds is 8. The summed E-state index contributed by atoms with van der Waals surface area (Å²) in [7, 11) is 0. The zero-order valence-electron chi connectivity index (χ0n) is 12.3. The molecule has 1 rings (SSSR count). The molecular formula is C15H24N2O3. The van der Waals surface area contributed by atoms with Gasteiger partial charge in [0, 0.05) is 12.6 Å². The van der Waals surface area contributed by atoms with Crippen LogP contribution in [0.15, 0.2) is 24.3 Å². The lowest BCUT2D eigenvalue weighted by Gasteiger charge is -2.14. The molecule has 0 aliphatic carbocycles. The summed E-state index contributed by atoms with van der Waals surface area (Å²) in [6.07, 6.45) is -0.651. The quantitative estimate of drug-likeness (QED) is 0.660. The first-order chi connectivity index (χ1) is 9.47. The minimum Gasteiger partial charge on any atom is -0.491 e. The van der Waals surface area contributed by atoms with E-state index in [0.717, 1.165) is 11.3 Å². The Kier molecular flexibility index (Phi) is 7.04. The normalized spacial score (nSPS) is 12.2. The van der Waals surface area contributed by atoms with Gasteiger partial charge >= 0.3 is 0 Å². The van der Waals surface area contributed by atoms with Gasteiger partial charge in [-0.05, 0) is 38.5 Å². The maximum Gasteiger partial charge on any atom is 0.234 e. The topological polar surface area (TPSA) is 70.6 Å². The summed E-state index contributed by atoms with van der Waals surface area (Å²) < 4.78 is 5.48. The van der Waals surface area contributed by atoms with E-state index in [0.29, 0.717) is 6.54 Å². The molecule has 1 amide bonds. The van der Waals surface area contributed by atoms with E-state index in [1.165, 1.54) is 0 Å². The van der Waals surface area contributed by atoms with E-state index in [9.17, 15) is 9.90 Å². The number of ether oxygens (including phenoxy) is 1. The Morgan fingerprint density at radius 2 is 2.15 bits per heavy atom. The van der Waals surface area contributed by atoms with E-state index in [4.69, 9.17) is 4.74 Å². The second-order valence-corrected chi connectivity index (χ2v) is 5.13. The van der Waals surface area contributed by atoms with Gasteiger partial charge in [0.25, 0.3) is 0 Å². The third-order valence-corrected chi connectivity index (χ3v) is 2.55. The lowest BCUT2D eigenvalue weighted by molar-refractivity contribution is -0.120. The van der Waals surface area contributed by atoms with E-state index in [1.54, 1.807) is 0 Å². The van der Waals surface area contributed by atoms with Gasteiger partial charge in [-0.15, -0.1) is 0 Å². The van der Waals surface area contributed by atoms with Crippen molar-refractivity contribution < 1.29 is 14.6 Å². The van der Waals surface area contributed by atoms with Crippen LogP contribution in [0.3, 0.4) is 0 Å². The van der Waals surface area contributed by atoms with Gasteiger partial charge in [-0.2, -0.15) is 0 Å². The van der Waals surface area contributed by atoms with Gasteiger partial charge in [-0.25, -0.2) is 0 Å². The molecular weight excluding hydrogens is 256 g/mol. The Hall–Kier alpha value is -1.59. The molecule has 3 N–H and O–H groups in total. The fourth-order valence-corrected chi connectivity index (χ4v) is 1.68. The van der Waals surface area contributed by atoms with Crippen molar-refractivity contribution in [1.82, 2.24) is 10.6 Å². The predicted octanol–water partition coefficient (Wildman–Crippen LogP) is 0.849. The van der Waals surface area contributed by atoms with E-state index in [-0.39, 0.29) is 25.1 Å². The summed E-state index contributed by atoms with van der Waals surface area (Å²) in [4.78, 5) is 11.4. The van der Waals surface area contributed by atoms with Crippen LogP contribution in [0.5, 0.6) is 5.75 Å². The first kappa shape index (κ1) is 16.5. The minimum absolute atomic E-state index is 0.0770. The van der Waals surface area contributed by atoms with Crippen LogP contribution < -0.4 is 15.4 Å². The molecule has 20 heavy (non-hydrogen) atoms. The van der Waals surface area contributed by atoms with Crippen LogP contribution in [0, 0.1) is 6.92 Å². The standard InChI is InChI=1S/C15H24N2O3/c1-11(2)17-15(19)9-16-8-13(18)10-20-14-6-4-5-12(3)7-14/h4-7,11,13,16,18H,8-10H2,1-3H3,(H,17,19). The van der Waals surface area contributed by atoms with E-state index in [2.05, 4.69) is 10.6 Å². The smallest absolute Gasteiger partial charge is 0.234 e. The van der Waals surface area contributed by atoms with Crippen molar-refractivity contribution in [2.75, 3.05) is 19.7 Å². The molecule has 0 bridgehead atoms. The minimum atomic E-state index is -0.651. The SMILES string of the molecule is Cc1cccc(OCC(O)CNCC(=O)NC(C)C)c1. The molecule has 5 heteroatoms. The summed E-state index contributed by atoms with van der Waals surface area (Å²) in [5.41, 5.74) is 1.11. The van der Waals surface area contributed by atoms with Gasteiger partial charge in [0.05, 0.1) is 6.54 Å². The molecule has 0 spiro atoms. The number of hydrogen-bond donors (Lipinski definition) is 3. The predicted molar refractivity (Wildman–Crippen MR) is 78.8 cm³/mol. The summed E-state index contributed by atoms with van der Waals surface area (Å²) in [6.45, 7) is 6.50. The number of aliphatic hydroxyl groups excluding tert-OH is 1. The number of amides is 1. The zero-order chi connectivity index (χ0) is 15.0. The number of aryl methyl sites for hydroxylation is 1. The van der Waals surface area contributed by atoms with Gasteiger partial charge < -0.3 is 20.5 Å². The second kappa shape index (κ2) is 8.55. The molecule has 0 fully saturated rings. The molecule has 5 nitrogen and oxygen atoms in total. The van der Waals surface area contributed by atoms with Crippen LogP contribution in [0.1, 0.15) is 19.4 Å². The van der Waals surface area contributed by atoms with Crippen LogP contribution in [-0.4, -0.2) is 42.9 Å². The highest BCUT2D eigenvalue weighted by Gasteiger charge is 2.07. The third-order valence-electron chi connectivity index (χ3n) is 2.55. The Bertz CT molecular complexity index is 421. The Balaban J connectivity index is 2.17. The highest BCUT2D eigenvalue weighted by Crippen LogP contribution is 2.12. The molecule has 0 aromatic heterocycles. The molecule has 0 radical (unpaired) electrons. The van der Waals surface area contributed by atoms with Crippen LogP contribution in [0.4, 0.5) is 0 Å². The molecule has 1 unspecified atom stereocenters. The first-order valence-corrected chi connectivity index (χ1v) is 6.85. The Morgan fingerprint density at radius 3 is 2.80 bits per heavy atom. The van der Waals surface area contributed by atoms with Gasteiger partial charge in [-0.3, -0.25) is 4.79 Å². The average molecular weight is 280 g/mol. The monoisotopic (exact) mass is 280 g/mol. The number of carbonyl (C=O) groups is 1. The molecule has 0 aliphatic heterocycles. The van der Waals surface area contributed by atoms with Crippen molar-refractivity contribution in [2.45, 2.75) is 32.9 Å². The lowest BCUT2D eigenvalue weighted by Crippen LogP contribution is -2.41. The van der Waals surface area contributed by atoms with Gasteiger partial charge in [-0.1, -0.05) is 12.1 Å². The summed E-state index contributed by atoms with van der Waals surface area (Å²) in [6, 6.07) is 7.78. The van der Waals surface area contributed by atoms with Gasteiger partial charge in [0.15, 0.2) is 0 Å².